The number of amides is 2. The van der Waals surface area contributed by atoms with E-state index in [-0.39, 0.29) is 12.5 Å². The number of aryl methyl sites for hydroxylation is 2. The first-order valence-corrected chi connectivity index (χ1v) is 7.92. The number of carbonyl (C=O) groups is 2. The summed E-state index contributed by atoms with van der Waals surface area (Å²) in [7, 11) is 1.50. The molecule has 0 aliphatic rings. The summed E-state index contributed by atoms with van der Waals surface area (Å²) in [6.45, 7) is 5.58. The van der Waals surface area contributed by atoms with Gasteiger partial charge in [0.25, 0.3) is 0 Å². The molecule has 2 rings (SSSR count). The van der Waals surface area contributed by atoms with Crippen molar-refractivity contribution in [2.75, 3.05) is 12.4 Å². The Morgan fingerprint density at radius 3 is 2.56 bits per heavy atom. The lowest BCUT2D eigenvalue weighted by molar-refractivity contribution is -0.143. The maximum absolute atomic E-state index is 12.1. The zero-order valence-electron chi connectivity index (χ0n) is 14.8. The molecule has 2 amide bonds. The SMILES string of the molecule is Cc1ccc(-n2nc(NC(=O)C(=O)N(C)C(C)CC#N)cc2C)cc1. The highest BCUT2D eigenvalue weighted by Crippen LogP contribution is 2.16. The van der Waals surface area contributed by atoms with Crippen LogP contribution in [0.1, 0.15) is 24.6 Å². The van der Waals surface area contributed by atoms with Gasteiger partial charge in [0.1, 0.15) is 0 Å². The molecule has 7 nitrogen and oxygen atoms in total. The molecule has 1 aromatic carbocycles. The Balaban J connectivity index is 2.12. The second kappa shape index (κ2) is 7.62. The molecule has 0 aliphatic carbocycles. The third-order valence-electron chi connectivity index (χ3n) is 3.97. The number of anilines is 1. The molecule has 0 saturated heterocycles. The Bertz CT molecular complexity index is 817. The van der Waals surface area contributed by atoms with Crippen LogP contribution in [-0.4, -0.2) is 39.6 Å². The van der Waals surface area contributed by atoms with Gasteiger partial charge in [0.05, 0.1) is 18.2 Å². The molecular formula is C18H21N5O2. The van der Waals surface area contributed by atoms with E-state index in [9.17, 15) is 9.59 Å². The Morgan fingerprint density at radius 2 is 1.96 bits per heavy atom. The monoisotopic (exact) mass is 339 g/mol. The Morgan fingerprint density at radius 1 is 1.32 bits per heavy atom. The minimum Gasteiger partial charge on any atom is -0.334 e. The van der Waals surface area contributed by atoms with Crippen molar-refractivity contribution in [3.63, 3.8) is 0 Å². The lowest BCUT2D eigenvalue weighted by atomic mass is 10.2. The Labute approximate surface area is 146 Å². The van der Waals surface area contributed by atoms with E-state index in [1.165, 1.54) is 11.9 Å². The minimum absolute atomic E-state index is 0.163. The lowest BCUT2D eigenvalue weighted by Gasteiger charge is -2.21. The summed E-state index contributed by atoms with van der Waals surface area (Å²) in [5.74, 6) is -1.18. The first-order chi connectivity index (χ1) is 11.8. The van der Waals surface area contributed by atoms with Crippen LogP contribution < -0.4 is 5.32 Å². The number of likely N-dealkylation sites (N-methyl/N-ethyl adjacent to an activating group) is 1. The summed E-state index contributed by atoms with van der Waals surface area (Å²) in [6.07, 6.45) is 0.163. The highest BCUT2D eigenvalue weighted by Gasteiger charge is 2.23. The minimum atomic E-state index is -0.777. The van der Waals surface area contributed by atoms with Crippen molar-refractivity contribution in [3.8, 4) is 11.8 Å². The molecule has 0 aliphatic heterocycles. The third-order valence-corrected chi connectivity index (χ3v) is 3.97. The van der Waals surface area contributed by atoms with E-state index in [0.717, 1.165) is 16.9 Å². The van der Waals surface area contributed by atoms with E-state index in [2.05, 4.69) is 10.4 Å². The molecule has 1 aromatic heterocycles. The van der Waals surface area contributed by atoms with E-state index < -0.39 is 11.8 Å². The average molecular weight is 339 g/mol. The van der Waals surface area contributed by atoms with Crippen LogP contribution in [0, 0.1) is 25.2 Å². The number of aromatic nitrogens is 2. The van der Waals surface area contributed by atoms with E-state index >= 15 is 0 Å². The van der Waals surface area contributed by atoms with Crippen LogP contribution in [0.3, 0.4) is 0 Å². The number of rotatable bonds is 4. The fourth-order valence-corrected chi connectivity index (χ4v) is 2.28. The smallest absolute Gasteiger partial charge is 0.315 e. The predicted molar refractivity (Wildman–Crippen MR) is 94.1 cm³/mol. The van der Waals surface area contributed by atoms with Gasteiger partial charge in [-0.2, -0.15) is 5.26 Å². The molecule has 1 N–H and O–H groups in total. The Kier molecular flexibility index (Phi) is 5.55. The van der Waals surface area contributed by atoms with Crippen molar-refractivity contribution >= 4 is 17.6 Å². The van der Waals surface area contributed by atoms with Gasteiger partial charge >= 0.3 is 11.8 Å². The number of nitrogens with one attached hydrogen (secondary N) is 1. The van der Waals surface area contributed by atoms with Crippen molar-refractivity contribution in [1.29, 1.82) is 5.26 Å². The normalized spacial score (nSPS) is 11.5. The van der Waals surface area contributed by atoms with Crippen molar-refractivity contribution in [1.82, 2.24) is 14.7 Å². The van der Waals surface area contributed by atoms with Crippen LogP contribution in [-0.2, 0) is 9.59 Å². The molecule has 130 valence electrons. The number of hydrogen-bond donors (Lipinski definition) is 1. The van der Waals surface area contributed by atoms with Gasteiger partial charge in [-0.25, -0.2) is 4.68 Å². The second-order valence-electron chi connectivity index (χ2n) is 6.00. The highest BCUT2D eigenvalue weighted by atomic mass is 16.2. The van der Waals surface area contributed by atoms with Crippen LogP contribution in [0.4, 0.5) is 5.82 Å². The van der Waals surface area contributed by atoms with E-state index in [1.54, 1.807) is 17.7 Å². The number of nitrogens with zero attached hydrogens (tertiary/aromatic N) is 4. The molecule has 0 bridgehead atoms. The molecule has 0 saturated carbocycles. The van der Waals surface area contributed by atoms with Crippen LogP contribution in [0.15, 0.2) is 30.3 Å². The molecular weight excluding hydrogens is 318 g/mol. The van der Waals surface area contributed by atoms with E-state index in [1.807, 2.05) is 44.2 Å². The maximum Gasteiger partial charge on any atom is 0.315 e. The standard InChI is InChI=1S/C18H21N5O2/c1-12-5-7-15(8-6-12)23-14(3)11-16(21-23)20-17(24)18(25)22(4)13(2)9-10-19/h5-8,11,13H,9H2,1-4H3,(H,20,21,24). The summed E-state index contributed by atoms with van der Waals surface area (Å²) in [6, 6.07) is 11.2. The zero-order chi connectivity index (χ0) is 18.6. The maximum atomic E-state index is 12.1. The second-order valence-corrected chi connectivity index (χ2v) is 6.00. The van der Waals surface area contributed by atoms with Crippen LogP contribution in [0.5, 0.6) is 0 Å². The van der Waals surface area contributed by atoms with Gasteiger partial charge in [0.15, 0.2) is 5.82 Å². The molecule has 0 spiro atoms. The molecule has 25 heavy (non-hydrogen) atoms. The highest BCUT2D eigenvalue weighted by molar-refractivity contribution is 6.39. The molecule has 1 atom stereocenters. The quantitative estimate of drug-likeness (QED) is 0.864. The summed E-state index contributed by atoms with van der Waals surface area (Å²) < 4.78 is 1.70. The van der Waals surface area contributed by atoms with Crippen molar-refractivity contribution in [2.24, 2.45) is 0 Å². The van der Waals surface area contributed by atoms with Crippen LogP contribution >= 0.6 is 0 Å². The number of nitriles is 1. The molecule has 0 fully saturated rings. The van der Waals surface area contributed by atoms with Gasteiger partial charge in [-0.15, -0.1) is 5.10 Å². The van der Waals surface area contributed by atoms with Crippen molar-refractivity contribution in [3.05, 3.63) is 41.6 Å². The molecule has 2 aromatic rings. The number of carbonyl (C=O) groups excluding carboxylic acids is 2. The average Bonchev–Trinajstić information content (AvgIpc) is 2.94. The molecule has 1 unspecified atom stereocenters. The van der Waals surface area contributed by atoms with Gasteiger partial charge < -0.3 is 10.2 Å². The van der Waals surface area contributed by atoms with Gasteiger partial charge in [-0.3, -0.25) is 9.59 Å². The topological polar surface area (TPSA) is 91.0 Å². The molecule has 1 heterocycles. The summed E-state index contributed by atoms with van der Waals surface area (Å²) >= 11 is 0. The summed E-state index contributed by atoms with van der Waals surface area (Å²) in [4.78, 5) is 25.5. The lowest BCUT2D eigenvalue weighted by Crippen LogP contribution is -2.42. The van der Waals surface area contributed by atoms with Gasteiger partial charge in [0, 0.05) is 24.8 Å². The van der Waals surface area contributed by atoms with E-state index in [4.69, 9.17) is 5.26 Å². The van der Waals surface area contributed by atoms with Gasteiger partial charge in [0.2, 0.25) is 0 Å². The summed E-state index contributed by atoms with van der Waals surface area (Å²) in [5, 5.41) is 15.5. The zero-order valence-corrected chi connectivity index (χ0v) is 14.8. The number of hydrogen-bond acceptors (Lipinski definition) is 4. The van der Waals surface area contributed by atoms with Crippen LogP contribution in [0.2, 0.25) is 0 Å². The first-order valence-electron chi connectivity index (χ1n) is 7.92. The molecule has 7 heteroatoms. The fraction of sp³-hybridized carbons (Fsp3) is 0.333. The Hall–Kier alpha value is -3.14. The first kappa shape index (κ1) is 18.2. The van der Waals surface area contributed by atoms with Crippen LogP contribution in [0.25, 0.3) is 5.69 Å². The number of benzene rings is 1. The fourth-order valence-electron chi connectivity index (χ4n) is 2.28. The summed E-state index contributed by atoms with van der Waals surface area (Å²) in [5.41, 5.74) is 2.84. The molecule has 0 radical (unpaired) electrons. The van der Waals surface area contributed by atoms with Crippen molar-refractivity contribution in [2.45, 2.75) is 33.2 Å². The van der Waals surface area contributed by atoms with E-state index in [0.29, 0.717) is 5.82 Å². The largest absolute Gasteiger partial charge is 0.334 e. The third kappa shape index (κ3) is 4.23. The van der Waals surface area contributed by atoms with Gasteiger partial charge in [-0.05, 0) is 32.9 Å². The predicted octanol–water partition coefficient (Wildman–Crippen LogP) is 2.19. The van der Waals surface area contributed by atoms with Crippen molar-refractivity contribution < 1.29 is 9.59 Å². The van der Waals surface area contributed by atoms with Gasteiger partial charge in [-0.1, -0.05) is 17.7 Å².